The minimum atomic E-state index is -0.679. The minimum absolute atomic E-state index is 0.00848. The van der Waals surface area contributed by atoms with Crippen molar-refractivity contribution in [3.63, 3.8) is 0 Å². The molecule has 12 nitrogen and oxygen atoms in total. The molecule has 2 saturated heterocycles. The number of para-hydroxylation sites is 1. The predicted octanol–water partition coefficient (Wildman–Crippen LogP) is 4.29. The summed E-state index contributed by atoms with van der Waals surface area (Å²) in [7, 11) is 1.76. The normalized spacial score (nSPS) is 20.0. The van der Waals surface area contributed by atoms with Gasteiger partial charge in [-0.2, -0.15) is 0 Å². The monoisotopic (exact) mass is 712 g/mol. The van der Waals surface area contributed by atoms with Crippen LogP contribution in [-0.4, -0.2) is 81.0 Å². The Balaban J connectivity index is 0.815. The first-order valence-electron chi connectivity index (χ1n) is 18.9. The molecule has 2 aromatic carbocycles. The van der Waals surface area contributed by atoms with Gasteiger partial charge < -0.3 is 15.2 Å². The number of imidazole rings is 1. The molecule has 3 aliphatic heterocycles. The molecule has 1 spiro atoms. The van der Waals surface area contributed by atoms with Crippen LogP contribution in [0.15, 0.2) is 71.7 Å². The molecule has 272 valence electrons. The molecule has 9 rings (SSSR count). The van der Waals surface area contributed by atoms with Gasteiger partial charge in [-0.25, -0.2) is 4.79 Å². The van der Waals surface area contributed by atoms with E-state index >= 15 is 0 Å². The molecule has 53 heavy (non-hydrogen) atoms. The fourth-order valence-corrected chi connectivity index (χ4v) is 8.94. The van der Waals surface area contributed by atoms with Gasteiger partial charge in [0.1, 0.15) is 6.04 Å². The molecule has 6 heterocycles. The molecular weight excluding hydrogens is 669 g/mol. The van der Waals surface area contributed by atoms with E-state index in [0.29, 0.717) is 6.42 Å². The first-order chi connectivity index (χ1) is 25.8. The van der Waals surface area contributed by atoms with Crippen LogP contribution in [0.4, 0.5) is 5.69 Å². The van der Waals surface area contributed by atoms with Gasteiger partial charge in [-0.3, -0.25) is 38.7 Å². The number of aromatic amines is 1. The maximum absolute atomic E-state index is 13.3. The van der Waals surface area contributed by atoms with Crippen molar-refractivity contribution in [1.29, 1.82) is 0 Å². The maximum Gasteiger partial charge on any atom is 0.329 e. The summed E-state index contributed by atoms with van der Waals surface area (Å²) in [5.41, 5.74) is 9.53. The van der Waals surface area contributed by atoms with Gasteiger partial charge in [-0.1, -0.05) is 30.7 Å². The summed E-state index contributed by atoms with van der Waals surface area (Å²) >= 11 is 0. The van der Waals surface area contributed by atoms with Gasteiger partial charge in [0.2, 0.25) is 11.8 Å². The highest BCUT2D eigenvalue weighted by Gasteiger charge is 2.45. The Bertz CT molecular complexity index is 2310. The van der Waals surface area contributed by atoms with Crippen molar-refractivity contribution in [3.8, 4) is 22.5 Å². The predicted molar refractivity (Wildman–Crippen MR) is 203 cm³/mol. The summed E-state index contributed by atoms with van der Waals surface area (Å²) in [5, 5.41) is 5.49. The topological polar surface area (TPSA) is 137 Å². The van der Waals surface area contributed by atoms with Gasteiger partial charge in [0.05, 0.1) is 22.3 Å². The molecule has 5 aromatic rings. The fourth-order valence-electron chi connectivity index (χ4n) is 8.94. The Morgan fingerprint density at radius 2 is 1.74 bits per heavy atom. The average molecular weight is 713 g/mol. The quantitative estimate of drug-likeness (QED) is 0.204. The van der Waals surface area contributed by atoms with E-state index in [4.69, 9.17) is 0 Å². The molecule has 1 saturated carbocycles. The Morgan fingerprint density at radius 1 is 0.925 bits per heavy atom. The van der Waals surface area contributed by atoms with Crippen LogP contribution >= 0.6 is 0 Å². The van der Waals surface area contributed by atoms with Crippen molar-refractivity contribution in [2.24, 2.45) is 7.05 Å². The highest BCUT2D eigenvalue weighted by atomic mass is 16.2. The molecule has 12 heteroatoms. The number of carbonyl (C=O) groups is 3. The molecule has 3 amide bonds. The summed E-state index contributed by atoms with van der Waals surface area (Å²) in [4.78, 5) is 63.5. The number of rotatable bonds is 8. The van der Waals surface area contributed by atoms with E-state index in [2.05, 4.69) is 66.8 Å². The van der Waals surface area contributed by atoms with Crippen molar-refractivity contribution < 1.29 is 14.4 Å². The first kappa shape index (κ1) is 33.4. The minimum Gasteiger partial charge on any atom is -0.369 e. The number of aryl methyl sites for hydroxylation is 2. The summed E-state index contributed by atoms with van der Waals surface area (Å²) in [6, 6.07) is 20.0. The number of fused-ring (bicyclic) bond motifs is 3. The number of H-pyrrole nitrogens is 1. The van der Waals surface area contributed by atoms with Crippen LogP contribution in [0.25, 0.3) is 33.5 Å². The lowest BCUT2D eigenvalue weighted by molar-refractivity contribution is -0.135. The standard InChI is InChI=1S/C41H44N8O4/c1-46-36-27(5-2-7-33(36)49(40(46)53)34-12-13-35(50)45-39(34)52)6-3-18-47-19-21-48(22-20-47)29-10-8-26(9-11-29)31-23-28(14-17-42-31)32-24-30-37(44-32)41(15-4-16-41)25-43-38(30)51/h2,5,7-11,14,17,23-24,34,44H,3-4,6,12-13,15-16,18-22,25H2,1H3,(H,43,51)(H,45,50,52). The third-order valence-corrected chi connectivity index (χ3v) is 12.1. The zero-order valence-corrected chi connectivity index (χ0v) is 30.0. The van der Waals surface area contributed by atoms with Gasteiger partial charge in [0, 0.05) is 86.0 Å². The number of nitrogens with one attached hydrogen (secondary N) is 3. The Hall–Kier alpha value is -5.49. The van der Waals surface area contributed by atoms with Crippen molar-refractivity contribution in [2.75, 3.05) is 44.2 Å². The zero-order valence-electron chi connectivity index (χ0n) is 30.0. The number of hydrogen-bond donors (Lipinski definition) is 3. The van der Waals surface area contributed by atoms with Crippen LogP contribution in [0, 0.1) is 0 Å². The lowest BCUT2D eigenvalue weighted by Gasteiger charge is -2.44. The van der Waals surface area contributed by atoms with Crippen LogP contribution < -0.4 is 21.2 Å². The third-order valence-electron chi connectivity index (χ3n) is 12.1. The lowest BCUT2D eigenvalue weighted by Crippen LogP contribution is -2.50. The van der Waals surface area contributed by atoms with Gasteiger partial charge in [0.25, 0.3) is 5.91 Å². The smallest absolute Gasteiger partial charge is 0.329 e. The second-order valence-corrected chi connectivity index (χ2v) is 15.2. The van der Waals surface area contributed by atoms with Gasteiger partial charge in [0.15, 0.2) is 0 Å². The highest BCUT2D eigenvalue weighted by molar-refractivity contribution is 6.00. The number of benzene rings is 2. The fraction of sp³-hybridized carbons (Fsp3) is 0.390. The molecule has 0 bridgehead atoms. The molecular formula is C41H44N8O4. The lowest BCUT2D eigenvalue weighted by atomic mass is 9.64. The summed E-state index contributed by atoms with van der Waals surface area (Å²) in [5.74, 6) is -0.695. The van der Waals surface area contributed by atoms with Crippen LogP contribution in [-0.2, 0) is 28.5 Å². The number of imide groups is 1. The van der Waals surface area contributed by atoms with Crippen LogP contribution in [0.2, 0.25) is 0 Å². The SMILES string of the molecule is Cn1c(=O)n(C2CCC(=O)NC2=O)c2cccc(CCCN3CCN(c4ccc(-c5cc(-c6cc7c([nH]6)C6(CCC6)CNC7=O)ccn5)cc4)CC3)c21. The third kappa shape index (κ3) is 5.85. The van der Waals surface area contributed by atoms with E-state index in [-0.39, 0.29) is 29.3 Å². The number of anilines is 1. The molecule has 3 aromatic heterocycles. The average Bonchev–Trinajstić information content (AvgIpc) is 3.72. The number of piperidine rings is 1. The Morgan fingerprint density at radius 3 is 2.49 bits per heavy atom. The van der Waals surface area contributed by atoms with E-state index < -0.39 is 11.9 Å². The molecule has 1 atom stereocenters. The molecule has 1 unspecified atom stereocenters. The van der Waals surface area contributed by atoms with E-state index in [9.17, 15) is 19.2 Å². The highest BCUT2D eigenvalue weighted by Crippen LogP contribution is 2.46. The molecule has 3 fully saturated rings. The number of hydrogen-bond acceptors (Lipinski definition) is 7. The summed E-state index contributed by atoms with van der Waals surface area (Å²) in [6.45, 7) is 5.51. The molecule has 4 aliphatic rings. The Kier molecular flexibility index (Phi) is 8.29. The number of pyridine rings is 1. The number of amides is 3. The van der Waals surface area contributed by atoms with Crippen molar-refractivity contribution in [2.45, 2.75) is 56.4 Å². The summed E-state index contributed by atoms with van der Waals surface area (Å²) < 4.78 is 3.20. The second kappa shape index (κ2) is 13.2. The second-order valence-electron chi connectivity index (χ2n) is 15.2. The van der Waals surface area contributed by atoms with Crippen molar-refractivity contribution in [3.05, 3.63) is 94.2 Å². The number of carbonyl (C=O) groups excluding carboxylic acids is 3. The van der Waals surface area contributed by atoms with E-state index in [1.807, 2.05) is 30.5 Å². The maximum atomic E-state index is 13.3. The number of nitrogens with zero attached hydrogens (tertiary/aromatic N) is 5. The van der Waals surface area contributed by atoms with Crippen LogP contribution in [0.3, 0.4) is 0 Å². The molecule has 3 N–H and O–H groups in total. The Labute approximate surface area is 307 Å². The molecule has 1 aliphatic carbocycles. The summed E-state index contributed by atoms with van der Waals surface area (Å²) in [6.07, 6.45) is 7.59. The zero-order chi connectivity index (χ0) is 36.3. The number of aromatic nitrogens is 4. The van der Waals surface area contributed by atoms with Gasteiger partial charge in [-0.15, -0.1) is 0 Å². The number of piperazine rings is 1. The van der Waals surface area contributed by atoms with Crippen LogP contribution in [0.5, 0.6) is 0 Å². The first-order valence-corrected chi connectivity index (χ1v) is 18.9. The van der Waals surface area contributed by atoms with Gasteiger partial charge in [-0.05, 0) is 80.6 Å². The van der Waals surface area contributed by atoms with E-state index in [0.717, 1.165) is 115 Å². The van der Waals surface area contributed by atoms with E-state index in [1.54, 1.807) is 16.2 Å². The van der Waals surface area contributed by atoms with Crippen molar-refractivity contribution in [1.82, 2.24) is 34.6 Å². The van der Waals surface area contributed by atoms with Gasteiger partial charge >= 0.3 is 5.69 Å². The largest absolute Gasteiger partial charge is 0.369 e. The van der Waals surface area contributed by atoms with Crippen LogP contribution in [0.1, 0.15) is 66.2 Å². The molecule has 0 radical (unpaired) electrons. The van der Waals surface area contributed by atoms with Crippen molar-refractivity contribution >= 4 is 34.4 Å². The van der Waals surface area contributed by atoms with E-state index in [1.165, 1.54) is 12.1 Å².